The zero-order valence-electron chi connectivity index (χ0n) is 23.1. The van der Waals surface area contributed by atoms with Gasteiger partial charge >= 0.3 is 6.09 Å². The Labute approximate surface area is 237 Å². The third-order valence-corrected chi connectivity index (χ3v) is 7.57. The van der Waals surface area contributed by atoms with Gasteiger partial charge in [0.05, 0.1) is 18.8 Å². The molecule has 10 heteroatoms. The largest absolute Gasteiger partial charge is 0.428 e. The minimum absolute atomic E-state index is 0.231. The Kier molecular flexibility index (Phi) is 7.25. The minimum Gasteiger partial charge on any atom is -0.392 e. The third kappa shape index (κ3) is 5.57. The van der Waals surface area contributed by atoms with Crippen molar-refractivity contribution in [2.75, 3.05) is 32.5 Å². The number of rotatable bonds is 7. The molecule has 1 fully saturated rings. The van der Waals surface area contributed by atoms with Gasteiger partial charge in [0.1, 0.15) is 12.0 Å². The van der Waals surface area contributed by atoms with Gasteiger partial charge in [-0.1, -0.05) is 30.3 Å². The maximum Gasteiger partial charge on any atom is 0.428 e. The Morgan fingerprint density at radius 2 is 1.95 bits per heavy atom. The van der Waals surface area contributed by atoms with Crippen molar-refractivity contribution >= 4 is 34.3 Å². The van der Waals surface area contributed by atoms with Crippen LogP contribution in [0.25, 0.3) is 27.9 Å². The normalized spacial score (nSPS) is 15.4. The van der Waals surface area contributed by atoms with Gasteiger partial charge in [0.2, 0.25) is 0 Å². The molecule has 0 bridgehead atoms. The Morgan fingerprint density at radius 1 is 1.15 bits per heavy atom. The van der Waals surface area contributed by atoms with Crippen LogP contribution in [0.15, 0.2) is 60.9 Å². The number of fused-ring (bicyclic) bond motifs is 1. The Balaban J connectivity index is 1.26. The summed E-state index contributed by atoms with van der Waals surface area (Å²) >= 11 is 0. The summed E-state index contributed by atoms with van der Waals surface area (Å²) < 4.78 is 0. The number of aliphatic hydroxyl groups is 1. The maximum atomic E-state index is 13.1. The second kappa shape index (κ2) is 11.1. The van der Waals surface area contributed by atoms with Crippen LogP contribution in [0.1, 0.15) is 52.4 Å². The number of hydrogen-bond donors (Lipinski definition) is 3. The van der Waals surface area contributed by atoms with Gasteiger partial charge in [0.25, 0.3) is 5.91 Å². The van der Waals surface area contributed by atoms with Gasteiger partial charge in [-0.15, -0.1) is 5.06 Å². The molecule has 0 unspecified atom stereocenters. The van der Waals surface area contributed by atoms with Crippen LogP contribution in [0.5, 0.6) is 0 Å². The Bertz CT molecular complexity index is 1640. The zero-order chi connectivity index (χ0) is 28.5. The fourth-order valence-corrected chi connectivity index (χ4v) is 5.11. The fourth-order valence-electron chi connectivity index (χ4n) is 5.11. The molecule has 41 heavy (non-hydrogen) atoms. The first-order chi connectivity index (χ1) is 19.9. The number of H-pyrrole nitrogens is 1. The second-order valence-electron chi connectivity index (χ2n) is 10.6. The maximum absolute atomic E-state index is 13.1. The molecule has 2 amide bonds. The molecule has 1 aliphatic heterocycles. The summed E-state index contributed by atoms with van der Waals surface area (Å²) in [6, 6.07) is 15.3. The van der Waals surface area contributed by atoms with Crippen LogP contribution in [-0.4, -0.2) is 69.2 Å². The molecule has 10 nitrogen and oxygen atoms in total. The molecular weight excluding hydrogens is 520 g/mol. The van der Waals surface area contributed by atoms with Crippen LogP contribution in [0.2, 0.25) is 0 Å². The van der Waals surface area contributed by atoms with Crippen molar-refractivity contribution in [1.82, 2.24) is 24.9 Å². The van der Waals surface area contributed by atoms with Crippen LogP contribution in [-0.2, 0) is 11.4 Å². The molecule has 0 spiro atoms. The van der Waals surface area contributed by atoms with Gasteiger partial charge in [0.15, 0.2) is 0 Å². The van der Waals surface area contributed by atoms with E-state index in [-0.39, 0.29) is 12.5 Å². The van der Waals surface area contributed by atoms with E-state index in [1.54, 1.807) is 25.2 Å². The number of hydrogen-bond acceptors (Lipinski definition) is 7. The van der Waals surface area contributed by atoms with Crippen molar-refractivity contribution in [3.05, 3.63) is 83.3 Å². The molecule has 4 aromatic rings. The summed E-state index contributed by atoms with van der Waals surface area (Å²) in [7, 11) is 3.30. The number of aromatic nitrogens is 3. The van der Waals surface area contributed by atoms with Crippen molar-refractivity contribution in [1.29, 1.82) is 0 Å². The van der Waals surface area contributed by atoms with E-state index in [9.17, 15) is 14.7 Å². The summed E-state index contributed by atoms with van der Waals surface area (Å²) in [5.74, 6) is 0.394. The molecule has 0 saturated heterocycles. The Hall–Kier alpha value is -4.54. The van der Waals surface area contributed by atoms with Crippen LogP contribution in [0, 0.1) is 0 Å². The lowest BCUT2D eigenvalue weighted by atomic mass is 10.00. The summed E-state index contributed by atoms with van der Waals surface area (Å²) in [5.41, 5.74) is 6.98. The summed E-state index contributed by atoms with van der Waals surface area (Å²) in [5, 5.41) is 15.8. The molecule has 3 heterocycles. The van der Waals surface area contributed by atoms with Gasteiger partial charge < -0.3 is 25.1 Å². The number of hydroxylamine groups is 2. The van der Waals surface area contributed by atoms with E-state index in [1.165, 1.54) is 29.6 Å². The predicted molar refractivity (Wildman–Crippen MR) is 156 cm³/mol. The SMILES string of the molecule is CN(C)C(=O)ON1CC=C(c2cc3c(-c4cccc(NC(=O)c5ccc(C6CC6)cc5)c4CO)ncnc3[nH]2)CC1. The highest BCUT2D eigenvalue weighted by Crippen LogP contribution is 2.40. The number of nitrogens with one attached hydrogen (secondary N) is 2. The highest BCUT2D eigenvalue weighted by atomic mass is 16.7. The first-order valence-electron chi connectivity index (χ1n) is 13.7. The standard InChI is InChI=1S/C31H32N6O4/c1-36(2)31(40)41-37-14-12-21(13-15-37)27-16-24-28(32-18-33-29(24)34-27)23-4-3-5-26(25(23)17-38)35-30(39)22-10-8-20(9-11-22)19-6-7-19/h3-5,8-12,16,18-19,38H,6-7,13-15,17H2,1-2H3,(H,35,39)(H,32,33,34). The van der Waals surface area contributed by atoms with E-state index in [4.69, 9.17) is 4.84 Å². The van der Waals surface area contributed by atoms with Crippen molar-refractivity contribution in [2.45, 2.75) is 31.8 Å². The molecule has 1 saturated carbocycles. The molecule has 2 aliphatic rings. The van der Waals surface area contributed by atoms with E-state index in [2.05, 4.69) is 20.3 Å². The van der Waals surface area contributed by atoms with Crippen LogP contribution >= 0.6 is 0 Å². The lowest BCUT2D eigenvalue weighted by Crippen LogP contribution is -2.35. The van der Waals surface area contributed by atoms with Crippen molar-refractivity contribution in [3.63, 3.8) is 0 Å². The first-order valence-corrected chi connectivity index (χ1v) is 13.7. The molecular formula is C31H32N6O4. The van der Waals surface area contributed by atoms with Gasteiger partial charge in [-0.3, -0.25) is 4.79 Å². The highest BCUT2D eigenvalue weighted by molar-refractivity contribution is 6.05. The number of benzene rings is 2. The second-order valence-corrected chi connectivity index (χ2v) is 10.6. The summed E-state index contributed by atoms with van der Waals surface area (Å²) in [6.45, 7) is 0.767. The van der Waals surface area contributed by atoms with E-state index >= 15 is 0 Å². The number of nitrogens with zero attached hydrogens (tertiary/aromatic N) is 4. The third-order valence-electron chi connectivity index (χ3n) is 7.57. The molecule has 2 aromatic heterocycles. The summed E-state index contributed by atoms with van der Waals surface area (Å²) in [4.78, 5) is 44.1. The highest BCUT2D eigenvalue weighted by Gasteiger charge is 2.24. The molecule has 0 atom stereocenters. The number of aliphatic hydroxyl groups excluding tert-OH is 1. The molecule has 3 N–H and O–H groups in total. The van der Waals surface area contributed by atoms with Gasteiger partial charge in [0, 0.05) is 54.1 Å². The quantitative estimate of drug-likeness (QED) is 0.296. The van der Waals surface area contributed by atoms with Gasteiger partial charge in [-0.25, -0.2) is 14.8 Å². The number of amides is 2. The summed E-state index contributed by atoms with van der Waals surface area (Å²) in [6.07, 6.45) is 6.21. The van der Waals surface area contributed by atoms with Crippen LogP contribution < -0.4 is 5.32 Å². The van der Waals surface area contributed by atoms with E-state index < -0.39 is 6.09 Å². The number of carbonyl (C=O) groups excluding carboxylic acids is 2. The lowest BCUT2D eigenvalue weighted by molar-refractivity contribution is -0.101. The molecule has 210 valence electrons. The number of aromatic amines is 1. The minimum atomic E-state index is -0.406. The Morgan fingerprint density at radius 3 is 2.63 bits per heavy atom. The van der Waals surface area contributed by atoms with Gasteiger partial charge in [-0.05, 0) is 60.6 Å². The molecule has 2 aromatic carbocycles. The topological polar surface area (TPSA) is 124 Å². The number of anilines is 1. The average molecular weight is 553 g/mol. The van der Waals surface area contributed by atoms with E-state index in [1.807, 2.05) is 48.5 Å². The van der Waals surface area contributed by atoms with E-state index in [0.717, 1.165) is 16.7 Å². The molecule has 1 aliphatic carbocycles. The molecule has 6 rings (SSSR count). The van der Waals surface area contributed by atoms with Crippen LogP contribution in [0.3, 0.4) is 0 Å². The first kappa shape index (κ1) is 26.7. The van der Waals surface area contributed by atoms with Gasteiger partial charge in [-0.2, -0.15) is 0 Å². The van der Waals surface area contributed by atoms with Crippen molar-refractivity contribution < 1.29 is 19.5 Å². The zero-order valence-corrected chi connectivity index (χ0v) is 23.1. The predicted octanol–water partition coefficient (Wildman–Crippen LogP) is 4.95. The fraction of sp³-hybridized carbons (Fsp3) is 0.290. The lowest BCUT2D eigenvalue weighted by Gasteiger charge is -2.25. The van der Waals surface area contributed by atoms with E-state index in [0.29, 0.717) is 59.1 Å². The van der Waals surface area contributed by atoms with Crippen LogP contribution in [0.4, 0.5) is 10.5 Å². The van der Waals surface area contributed by atoms with Crippen molar-refractivity contribution in [2.24, 2.45) is 0 Å². The average Bonchev–Trinajstić information content (AvgIpc) is 3.75. The number of carbonyl (C=O) groups is 2. The smallest absolute Gasteiger partial charge is 0.392 e. The molecule has 0 radical (unpaired) electrons. The monoisotopic (exact) mass is 552 g/mol. The van der Waals surface area contributed by atoms with Crippen molar-refractivity contribution in [3.8, 4) is 11.3 Å².